The lowest BCUT2D eigenvalue weighted by Gasteiger charge is -2.04. The van der Waals surface area contributed by atoms with E-state index in [-0.39, 0.29) is 11.5 Å². The standard InChI is InChI=1S/C11H10O3/c1-14-9-2-3-10-7(5-9)4-8(12)6-11(10)13/h2-6,12-13H,1H3. The third kappa shape index (κ3) is 1.33. The zero-order chi connectivity index (χ0) is 10.1. The van der Waals surface area contributed by atoms with Crippen LogP contribution in [0.1, 0.15) is 0 Å². The molecule has 0 saturated carbocycles. The van der Waals surface area contributed by atoms with Crippen LogP contribution in [-0.4, -0.2) is 17.3 Å². The predicted octanol–water partition coefficient (Wildman–Crippen LogP) is 2.26. The Balaban J connectivity index is 2.75. The van der Waals surface area contributed by atoms with E-state index in [4.69, 9.17) is 4.74 Å². The van der Waals surface area contributed by atoms with Gasteiger partial charge in [-0.15, -0.1) is 0 Å². The lowest BCUT2D eigenvalue weighted by molar-refractivity contribution is 0.415. The van der Waals surface area contributed by atoms with E-state index >= 15 is 0 Å². The van der Waals surface area contributed by atoms with Gasteiger partial charge in [-0.1, -0.05) is 0 Å². The molecule has 0 saturated heterocycles. The molecule has 0 bridgehead atoms. The van der Waals surface area contributed by atoms with E-state index in [1.165, 1.54) is 6.07 Å². The van der Waals surface area contributed by atoms with Gasteiger partial charge >= 0.3 is 0 Å². The van der Waals surface area contributed by atoms with Gasteiger partial charge < -0.3 is 14.9 Å². The average Bonchev–Trinajstić information content (AvgIpc) is 2.16. The molecule has 0 radical (unpaired) electrons. The molecule has 2 aromatic rings. The van der Waals surface area contributed by atoms with Gasteiger partial charge in [0.05, 0.1) is 7.11 Å². The summed E-state index contributed by atoms with van der Waals surface area (Å²) in [6.45, 7) is 0. The van der Waals surface area contributed by atoms with Crippen LogP contribution in [0.3, 0.4) is 0 Å². The minimum Gasteiger partial charge on any atom is -0.508 e. The van der Waals surface area contributed by atoms with Crippen LogP contribution in [0.5, 0.6) is 17.2 Å². The van der Waals surface area contributed by atoms with Gasteiger partial charge in [0.1, 0.15) is 17.2 Å². The summed E-state index contributed by atoms with van der Waals surface area (Å²) in [6, 6.07) is 8.17. The lowest BCUT2D eigenvalue weighted by Crippen LogP contribution is -1.82. The number of hydrogen-bond donors (Lipinski definition) is 2. The molecule has 2 rings (SSSR count). The molecule has 2 N–H and O–H groups in total. The molecule has 0 aliphatic heterocycles. The van der Waals surface area contributed by atoms with E-state index in [0.717, 1.165) is 5.39 Å². The van der Waals surface area contributed by atoms with Gasteiger partial charge in [-0.2, -0.15) is 0 Å². The Morgan fingerprint density at radius 3 is 2.57 bits per heavy atom. The molecule has 0 heterocycles. The molecule has 0 aliphatic rings. The van der Waals surface area contributed by atoms with Crippen molar-refractivity contribution >= 4 is 10.8 Å². The average molecular weight is 190 g/mol. The fourth-order valence-corrected chi connectivity index (χ4v) is 1.44. The number of ether oxygens (including phenoxy) is 1. The molecule has 72 valence electrons. The second kappa shape index (κ2) is 3.10. The van der Waals surface area contributed by atoms with Crippen molar-refractivity contribution in [2.24, 2.45) is 0 Å². The first-order valence-electron chi connectivity index (χ1n) is 4.20. The van der Waals surface area contributed by atoms with Crippen LogP contribution in [0.25, 0.3) is 10.8 Å². The highest BCUT2D eigenvalue weighted by Crippen LogP contribution is 2.31. The highest BCUT2D eigenvalue weighted by atomic mass is 16.5. The minimum atomic E-state index is 0.0447. The summed E-state index contributed by atoms with van der Waals surface area (Å²) in [6.07, 6.45) is 0. The topological polar surface area (TPSA) is 49.7 Å². The molecule has 3 heteroatoms. The van der Waals surface area contributed by atoms with Crippen molar-refractivity contribution in [3.63, 3.8) is 0 Å². The summed E-state index contributed by atoms with van der Waals surface area (Å²) < 4.78 is 5.04. The molecular weight excluding hydrogens is 180 g/mol. The van der Waals surface area contributed by atoms with Crippen LogP contribution in [-0.2, 0) is 0 Å². The largest absolute Gasteiger partial charge is 0.508 e. The quantitative estimate of drug-likeness (QED) is 0.725. The molecule has 0 amide bonds. The van der Waals surface area contributed by atoms with Crippen LogP contribution in [0, 0.1) is 0 Å². The van der Waals surface area contributed by atoms with Crippen molar-refractivity contribution in [3.05, 3.63) is 30.3 Å². The van der Waals surface area contributed by atoms with Gasteiger partial charge in [-0.05, 0) is 29.7 Å². The number of methoxy groups -OCH3 is 1. The Labute approximate surface area is 81.2 Å². The van der Waals surface area contributed by atoms with Crippen LogP contribution in [0.4, 0.5) is 0 Å². The summed E-state index contributed by atoms with van der Waals surface area (Å²) in [7, 11) is 1.57. The van der Waals surface area contributed by atoms with Gasteiger partial charge in [-0.25, -0.2) is 0 Å². The maximum atomic E-state index is 9.51. The molecule has 0 aromatic heterocycles. The molecule has 14 heavy (non-hydrogen) atoms. The number of rotatable bonds is 1. The zero-order valence-corrected chi connectivity index (χ0v) is 7.69. The third-order valence-electron chi connectivity index (χ3n) is 2.12. The number of aromatic hydroxyl groups is 2. The smallest absolute Gasteiger partial charge is 0.127 e. The van der Waals surface area contributed by atoms with Gasteiger partial charge in [0.25, 0.3) is 0 Å². The van der Waals surface area contributed by atoms with Gasteiger partial charge in [0.2, 0.25) is 0 Å². The van der Waals surface area contributed by atoms with E-state index in [2.05, 4.69) is 0 Å². The molecule has 0 spiro atoms. The number of phenolic OH excluding ortho intramolecular Hbond substituents is 2. The Bertz CT molecular complexity index is 477. The minimum absolute atomic E-state index is 0.0447. The molecule has 2 aromatic carbocycles. The van der Waals surface area contributed by atoms with E-state index in [0.29, 0.717) is 11.1 Å². The number of benzene rings is 2. The maximum Gasteiger partial charge on any atom is 0.127 e. The van der Waals surface area contributed by atoms with Crippen molar-refractivity contribution in [1.29, 1.82) is 0 Å². The van der Waals surface area contributed by atoms with Crippen molar-refractivity contribution in [2.45, 2.75) is 0 Å². The van der Waals surface area contributed by atoms with E-state index in [1.54, 1.807) is 31.4 Å². The highest BCUT2D eigenvalue weighted by molar-refractivity contribution is 5.90. The normalized spacial score (nSPS) is 10.4. The van der Waals surface area contributed by atoms with Crippen molar-refractivity contribution in [3.8, 4) is 17.2 Å². The molecular formula is C11H10O3. The number of fused-ring (bicyclic) bond motifs is 1. The van der Waals surface area contributed by atoms with Gasteiger partial charge in [0.15, 0.2) is 0 Å². The monoisotopic (exact) mass is 190 g/mol. The van der Waals surface area contributed by atoms with E-state index < -0.39 is 0 Å². The second-order valence-corrected chi connectivity index (χ2v) is 3.05. The molecule has 0 atom stereocenters. The Morgan fingerprint density at radius 2 is 1.86 bits per heavy atom. The van der Waals surface area contributed by atoms with Crippen LogP contribution < -0.4 is 4.74 Å². The number of phenols is 2. The molecule has 3 nitrogen and oxygen atoms in total. The number of hydrogen-bond acceptors (Lipinski definition) is 3. The van der Waals surface area contributed by atoms with E-state index in [9.17, 15) is 10.2 Å². The third-order valence-corrected chi connectivity index (χ3v) is 2.12. The molecule has 0 unspecified atom stereocenters. The zero-order valence-electron chi connectivity index (χ0n) is 7.69. The first kappa shape index (κ1) is 8.69. The summed E-state index contributed by atoms with van der Waals surface area (Å²) in [5.74, 6) is 0.813. The predicted molar refractivity (Wildman–Crippen MR) is 53.8 cm³/mol. The fourth-order valence-electron chi connectivity index (χ4n) is 1.44. The molecule has 0 aliphatic carbocycles. The molecule has 0 fully saturated rings. The maximum absolute atomic E-state index is 9.51. The first-order chi connectivity index (χ1) is 6.70. The lowest BCUT2D eigenvalue weighted by atomic mass is 10.1. The SMILES string of the molecule is COc1ccc2c(O)cc(O)cc2c1. The van der Waals surface area contributed by atoms with Crippen LogP contribution >= 0.6 is 0 Å². The van der Waals surface area contributed by atoms with Crippen LogP contribution in [0.15, 0.2) is 30.3 Å². The van der Waals surface area contributed by atoms with Crippen molar-refractivity contribution in [1.82, 2.24) is 0 Å². The van der Waals surface area contributed by atoms with Crippen molar-refractivity contribution in [2.75, 3.05) is 7.11 Å². The first-order valence-corrected chi connectivity index (χ1v) is 4.20. The Morgan fingerprint density at radius 1 is 1.07 bits per heavy atom. The highest BCUT2D eigenvalue weighted by Gasteiger charge is 2.03. The van der Waals surface area contributed by atoms with Gasteiger partial charge in [-0.3, -0.25) is 0 Å². The summed E-state index contributed by atoms with van der Waals surface area (Å²) in [5, 5.41) is 20.2. The fraction of sp³-hybridized carbons (Fsp3) is 0.0909. The van der Waals surface area contributed by atoms with Crippen molar-refractivity contribution < 1.29 is 14.9 Å². The summed E-state index contributed by atoms with van der Waals surface area (Å²) >= 11 is 0. The van der Waals surface area contributed by atoms with E-state index in [1.807, 2.05) is 0 Å². The van der Waals surface area contributed by atoms with Gasteiger partial charge in [0, 0.05) is 11.5 Å². The van der Waals surface area contributed by atoms with Crippen LogP contribution in [0.2, 0.25) is 0 Å². The summed E-state index contributed by atoms with van der Waals surface area (Å²) in [4.78, 5) is 0. The Kier molecular flexibility index (Phi) is 1.93. The summed E-state index contributed by atoms with van der Waals surface area (Å²) in [5.41, 5.74) is 0. The second-order valence-electron chi connectivity index (χ2n) is 3.05. The Hall–Kier alpha value is -1.90.